The summed E-state index contributed by atoms with van der Waals surface area (Å²) in [7, 11) is 0. The Bertz CT molecular complexity index is 1860. The fourth-order valence-electron chi connectivity index (χ4n) is 5.51. The van der Waals surface area contributed by atoms with E-state index in [2.05, 4.69) is 49.2 Å². The number of benzene rings is 3. The van der Waals surface area contributed by atoms with E-state index in [4.69, 9.17) is 9.97 Å². The molecule has 9 heteroatoms. The van der Waals surface area contributed by atoms with Crippen LogP contribution in [0.5, 0.6) is 0 Å². The average Bonchev–Trinajstić information content (AvgIpc) is 3.80. The Morgan fingerprint density at radius 3 is 2.56 bits per heavy atom. The van der Waals surface area contributed by atoms with E-state index in [0.717, 1.165) is 57.6 Å². The van der Waals surface area contributed by atoms with Crippen LogP contribution in [0.4, 0.5) is 23.0 Å². The molecule has 0 saturated carbocycles. The summed E-state index contributed by atoms with van der Waals surface area (Å²) in [6, 6.07) is 28.2. The van der Waals surface area contributed by atoms with Gasteiger partial charge in [0.25, 0.3) is 0 Å². The van der Waals surface area contributed by atoms with Gasteiger partial charge in [0.05, 0.1) is 11.4 Å². The van der Waals surface area contributed by atoms with Gasteiger partial charge < -0.3 is 15.5 Å². The monoisotopic (exact) mass is 585 g/mol. The second-order valence-corrected chi connectivity index (χ2v) is 11.5. The second kappa shape index (κ2) is 12.1. The van der Waals surface area contributed by atoms with Crippen molar-refractivity contribution in [3.05, 3.63) is 108 Å². The number of carbonyl (C=O) groups is 1. The van der Waals surface area contributed by atoms with Gasteiger partial charge in [-0.15, -0.1) is 11.3 Å². The molecule has 0 unspecified atom stereocenters. The number of aryl methyl sites for hydroxylation is 1. The van der Waals surface area contributed by atoms with E-state index in [1.54, 1.807) is 17.5 Å². The molecule has 1 fully saturated rings. The van der Waals surface area contributed by atoms with Crippen LogP contribution in [0.25, 0.3) is 27.6 Å². The Hall–Kier alpha value is -5.02. The minimum Gasteiger partial charge on any atom is -0.372 e. The number of nitrogens with one attached hydrogen (secondary N) is 2. The first-order chi connectivity index (χ1) is 21.2. The maximum Gasteiger partial charge on any atom is 0.227 e. The van der Waals surface area contributed by atoms with E-state index in [9.17, 15) is 4.79 Å². The second-order valence-electron chi connectivity index (χ2n) is 10.6. The number of anilines is 4. The first kappa shape index (κ1) is 26.9. The Balaban J connectivity index is 1.13. The van der Waals surface area contributed by atoms with Gasteiger partial charge in [-0.3, -0.25) is 9.20 Å². The molecule has 214 valence electrons. The minimum absolute atomic E-state index is 0.0213. The average molecular weight is 586 g/mol. The summed E-state index contributed by atoms with van der Waals surface area (Å²) >= 11 is 1.57. The highest BCUT2D eigenvalue weighted by Gasteiger charge is 2.19. The highest BCUT2D eigenvalue weighted by Crippen LogP contribution is 2.35. The van der Waals surface area contributed by atoms with Crippen molar-refractivity contribution in [3.63, 3.8) is 0 Å². The number of hydrogen-bond acceptors (Lipinski definition) is 7. The fraction of sp³-hybridized carbons (Fsp3) is 0.176. The molecule has 2 N–H and O–H groups in total. The number of rotatable bonds is 9. The van der Waals surface area contributed by atoms with Gasteiger partial charge in [-0.1, -0.05) is 42.5 Å². The van der Waals surface area contributed by atoms with Crippen molar-refractivity contribution in [2.75, 3.05) is 28.6 Å². The van der Waals surface area contributed by atoms with Crippen LogP contribution >= 0.6 is 11.3 Å². The lowest BCUT2D eigenvalue weighted by atomic mass is 10.1. The maximum absolute atomic E-state index is 12.7. The SMILES string of the molecule is O=C(CCc1ccccc1)Nc1cccc(-c2nc3sccn3c2-c2ccnc(Nc3ccc(N4CCCC4)cc3)n2)c1. The molecule has 7 rings (SSSR count). The predicted octanol–water partition coefficient (Wildman–Crippen LogP) is 7.43. The minimum atomic E-state index is -0.0213. The van der Waals surface area contributed by atoms with Gasteiger partial charge in [-0.25, -0.2) is 15.0 Å². The Morgan fingerprint density at radius 1 is 0.884 bits per heavy atom. The molecule has 0 radical (unpaired) electrons. The number of imidazole rings is 1. The number of aromatic nitrogens is 4. The van der Waals surface area contributed by atoms with Crippen molar-refractivity contribution in [1.29, 1.82) is 0 Å². The molecule has 0 atom stereocenters. The Kier molecular flexibility index (Phi) is 7.54. The molecule has 4 heterocycles. The fourth-order valence-corrected chi connectivity index (χ4v) is 6.23. The van der Waals surface area contributed by atoms with Crippen LogP contribution in [0, 0.1) is 0 Å². The first-order valence-electron chi connectivity index (χ1n) is 14.5. The number of amides is 1. The molecule has 8 nitrogen and oxygen atoms in total. The van der Waals surface area contributed by atoms with Gasteiger partial charge in [0.15, 0.2) is 4.96 Å². The van der Waals surface area contributed by atoms with E-state index in [1.165, 1.54) is 18.5 Å². The lowest BCUT2D eigenvalue weighted by molar-refractivity contribution is -0.116. The van der Waals surface area contributed by atoms with Crippen LogP contribution in [0.1, 0.15) is 24.8 Å². The smallest absolute Gasteiger partial charge is 0.227 e. The maximum atomic E-state index is 12.7. The van der Waals surface area contributed by atoms with Gasteiger partial charge in [0.1, 0.15) is 5.69 Å². The number of nitrogens with zero attached hydrogens (tertiary/aromatic N) is 5. The summed E-state index contributed by atoms with van der Waals surface area (Å²) < 4.78 is 2.06. The predicted molar refractivity (Wildman–Crippen MR) is 174 cm³/mol. The van der Waals surface area contributed by atoms with Gasteiger partial charge in [-0.05, 0) is 67.3 Å². The van der Waals surface area contributed by atoms with E-state index in [0.29, 0.717) is 18.8 Å². The van der Waals surface area contributed by atoms with E-state index in [1.807, 2.05) is 72.2 Å². The van der Waals surface area contributed by atoms with Gasteiger partial charge in [-0.2, -0.15) is 0 Å². The molecule has 3 aromatic heterocycles. The third-order valence-corrected chi connectivity index (χ3v) is 8.41. The zero-order valence-corrected chi connectivity index (χ0v) is 24.4. The van der Waals surface area contributed by atoms with Crippen molar-refractivity contribution in [2.45, 2.75) is 25.7 Å². The third kappa shape index (κ3) is 5.98. The molecule has 1 saturated heterocycles. The summed E-state index contributed by atoms with van der Waals surface area (Å²) in [6.07, 6.45) is 7.39. The summed E-state index contributed by atoms with van der Waals surface area (Å²) in [4.78, 5) is 30.4. The molecule has 43 heavy (non-hydrogen) atoms. The molecule has 0 aliphatic carbocycles. The van der Waals surface area contributed by atoms with Crippen LogP contribution in [-0.4, -0.2) is 38.3 Å². The van der Waals surface area contributed by atoms with Crippen molar-refractivity contribution < 1.29 is 4.79 Å². The Morgan fingerprint density at radius 2 is 1.72 bits per heavy atom. The topological polar surface area (TPSA) is 87.5 Å². The zero-order chi connectivity index (χ0) is 29.0. The van der Waals surface area contributed by atoms with Gasteiger partial charge in [0, 0.05) is 59.9 Å². The molecule has 1 aliphatic heterocycles. The molecule has 1 aliphatic rings. The molecule has 3 aromatic carbocycles. The highest BCUT2D eigenvalue weighted by molar-refractivity contribution is 7.15. The number of hydrogen-bond donors (Lipinski definition) is 2. The van der Waals surface area contributed by atoms with Crippen molar-refractivity contribution in [2.24, 2.45) is 0 Å². The van der Waals surface area contributed by atoms with E-state index in [-0.39, 0.29) is 5.91 Å². The van der Waals surface area contributed by atoms with Crippen LogP contribution in [0.15, 0.2) is 103 Å². The lowest BCUT2D eigenvalue weighted by Gasteiger charge is -2.17. The van der Waals surface area contributed by atoms with E-state index >= 15 is 0 Å². The number of carbonyl (C=O) groups excluding carboxylic acids is 1. The number of fused-ring (bicyclic) bond motifs is 1. The van der Waals surface area contributed by atoms with Gasteiger partial charge >= 0.3 is 0 Å². The summed E-state index contributed by atoms with van der Waals surface area (Å²) in [5, 5.41) is 8.44. The lowest BCUT2D eigenvalue weighted by Crippen LogP contribution is -2.17. The molecule has 6 aromatic rings. The van der Waals surface area contributed by atoms with Crippen LogP contribution < -0.4 is 15.5 Å². The Labute approximate surface area is 254 Å². The van der Waals surface area contributed by atoms with Crippen LogP contribution in [-0.2, 0) is 11.2 Å². The summed E-state index contributed by atoms with van der Waals surface area (Å²) in [6.45, 7) is 2.23. The van der Waals surface area contributed by atoms with Crippen LogP contribution in [0.3, 0.4) is 0 Å². The molecule has 0 spiro atoms. The van der Waals surface area contributed by atoms with Crippen molar-refractivity contribution in [3.8, 4) is 22.6 Å². The quantitative estimate of drug-likeness (QED) is 0.183. The molecule has 0 bridgehead atoms. The molecular formula is C34H31N7OS. The van der Waals surface area contributed by atoms with Gasteiger partial charge in [0.2, 0.25) is 11.9 Å². The summed E-state index contributed by atoms with van der Waals surface area (Å²) in [5.74, 6) is 0.494. The largest absolute Gasteiger partial charge is 0.372 e. The van der Waals surface area contributed by atoms with Crippen molar-refractivity contribution in [1.82, 2.24) is 19.4 Å². The highest BCUT2D eigenvalue weighted by atomic mass is 32.1. The molecule has 1 amide bonds. The third-order valence-electron chi connectivity index (χ3n) is 7.66. The molecular weight excluding hydrogens is 554 g/mol. The number of thiazole rings is 1. The zero-order valence-electron chi connectivity index (χ0n) is 23.6. The first-order valence-corrected chi connectivity index (χ1v) is 15.4. The summed E-state index contributed by atoms with van der Waals surface area (Å²) in [5.41, 5.74) is 7.39. The van der Waals surface area contributed by atoms with E-state index < -0.39 is 0 Å². The van der Waals surface area contributed by atoms with Crippen LogP contribution in [0.2, 0.25) is 0 Å². The standard InChI is InChI=1S/C34H31N7OS/c42-30(16-11-24-7-2-1-3-8-24)36-27-10-6-9-25(23-27)31-32(41-21-22-43-34(41)39-31)29-17-18-35-33(38-29)37-26-12-14-28(15-13-26)40-19-4-5-20-40/h1-3,6-10,12-15,17-18,21-23H,4-5,11,16,19-20H2,(H,36,42)(H,35,37,38). The normalized spacial score (nSPS) is 13.0. The van der Waals surface area contributed by atoms with Crippen molar-refractivity contribution >= 4 is 45.2 Å².